The number of rotatable bonds is 8. The van der Waals surface area contributed by atoms with Gasteiger partial charge in [0.1, 0.15) is 6.17 Å². The first-order chi connectivity index (χ1) is 11.7. The topological polar surface area (TPSA) is 46.5 Å². The van der Waals surface area contributed by atoms with Crippen LogP contribution in [0.2, 0.25) is 0 Å². The van der Waals surface area contributed by atoms with Crippen molar-refractivity contribution in [2.75, 3.05) is 13.2 Å². The molecule has 0 aliphatic rings. The van der Waals surface area contributed by atoms with Crippen molar-refractivity contribution in [2.24, 2.45) is 5.92 Å². The molecule has 0 bridgehead atoms. The summed E-state index contributed by atoms with van der Waals surface area (Å²) >= 11 is 0. The molecule has 2 atom stereocenters. The first-order valence-corrected chi connectivity index (χ1v) is 8.22. The van der Waals surface area contributed by atoms with Crippen molar-refractivity contribution in [3.8, 4) is 11.1 Å². The molecule has 0 saturated carbocycles. The van der Waals surface area contributed by atoms with E-state index in [1.165, 1.54) is 0 Å². The van der Waals surface area contributed by atoms with Gasteiger partial charge < -0.3 is 9.84 Å². The largest absolute Gasteiger partial charge is 0.466 e. The third-order valence-electron chi connectivity index (χ3n) is 3.99. The molecule has 0 saturated heterocycles. The minimum Gasteiger partial charge on any atom is -0.466 e. The maximum atomic E-state index is 14.4. The monoisotopic (exact) mass is 330 g/mol. The van der Waals surface area contributed by atoms with Crippen LogP contribution in [0.1, 0.15) is 31.5 Å². The zero-order valence-corrected chi connectivity index (χ0v) is 13.8. The molecule has 0 radical (unpaired) electrons. The highest BCUT2D eigenvalue weighted by Crippen LogP contribution is 2.27. The minimum absolute atomic E-state index is 0.175. The molecule has 24 heavy (non-hydrogen) atoms. The Balaban J connectivity index is 1.95. The second kappa shape index (κ2) is 9.18. The summed E-state index contributed by atoms with van der Waals surface area (Å²) in [6, 6.07) is 17.2. The molecule has 2 unspecified atom stereocenters. The number of hydrogen-bond donors (Lipinski definition) is 1. The molecule has 0 aliphatic carbocycles. The lowest BCUT2D eigenvalue weighted by Gasteiger charge is -2.15. The Kier molecular flexibility index (Phi) is 6.94. The number of halogens is 1. The number of carbonyl (C=O) groups excluding carboxylic acids is 1. The van der Waals surface area contributed by atoms with Crippen LogP contribution in [0.5, 0.6) is 0 Å². The summed E-state index contributed by atoms with van der Waals surface area (Å²) in [6.45, 7) is 1.65. The van der Waals surface area contributed by atoms with Crippen LogP contribution in [0.4, 0.5) is 4.39 Å². The number of carbonyl (C=O) groups is 1. The lowest BCUT2D eigenvalue weighted by molar-refractivity contribution is -0.149. The molecule has 0 aromatic heterocycles. The molecular weight excluding hydrogens is 307 g/mol. The smallest absolute Gasteiger partial charge is 0.311 e. The van der Waals surface area contributed by atoms with Crippen molar-refractivity contribution in [3.05, 3.63) is 60.2 Å². The molecule has 128 valence electrons. The lowest BCUT2D eigenvalue weighted by Crippen LogP contribution is -2.21. The van der Waals surface area contributed by atoms with Gasteiger partial charge >= 0.3 is 5.97 Å². The van der Waals surface area contributed by atoms with E-state index in [0.717, 1.165) is 11.1 Å². The molecule has 1 N–H and O–H groups in total. The highest BCUT2D eigenvalue weighted by atomic mass is 19.1. The molecule has 0 aliphatic heterocycles. The van der Waals surface area contributed by atoms with Gasteiger partial charge in [-0.15, -0.1) is 0 Å². The van der Waals surface area contributed by atoms with Gasteiger partial charge in [-0.2, -0.15) is 0 Å². The van der Waals surface area contributed by atoms with E-state index in [0.29, 0.717) is 5.56 Å². The second-order valence-electron chi connectivity index (χ2n) is 5.66. The Labute approximate surface area is 142 Å². The predicted molar refractivity (Wildman–Crippen MR) is 92.2 cm³/mol. The van der Waals surface area contributed by atoms with E-state index in [4.69, 9.17) is 4.74 Å². The molecule has 2 rings (SSSR count). The van der Waals surface area contributed by atoms with Crippen LogP contribution in [0, 0.1) is 5.92 Å². The van der Waals surface area contributed by atoms with Crippen molar-refractivity contribution in [2.45, 2.75) is 25.9 Å². The summed E-state index contributed by atoms with van der Waals surface area (Å²) in [6.07, 6.45) is -0.732. The van der Waals surface area contributed by atoms with Crippen LogP contribution in [0.15, 0.2) is 54.6 Å². The summed E-state index contributed by atoms with van der Waals surface area (Å²) in [7, 11) is 0. The van der Waals surface area contributed by atoms with E-state index in [-0.39, 0.29) is 26.1 Å². The number of aliphatic hydroxyl groups excluding tert-OH is 1. The summed E-state index contributed by atoms with van der Waals surface area (Å²) in [5.41, 5.74) is 2.70. The molecule has 0 fully saturated rings. The van der Waals surface area contributed by atoms with Gasteiger partial charge in [-0.25, -0.2) is 4.39 Å². The summed E-state index contributed by atoms with van der Waals surface area (Å²) < 4.78 is 19.3. The fourth-order valence-electron chi connectivity index (χ4n) is 2.57. The first-order valence-electron chi connectivity index (χ1n) is 8.22. The van der Waals surface area contributed by atoms with Crippen LogP contribution in [0.3, 0.4) is 0 Å². The standard InChI is InChI=1S/C20H23FO3/c1-2-24-20(23)18(14-22)12-13-19(21)17-10-8-16(9-11-17)15-6-4-3-5-7-15/h3-11,18-19,22H,2,12-14H2,1H3. The molecule has 0 spiro atoms. The third-order valence-corrected chi connectivity index (χ3v) is 3.99. The highest BCUT2D eigenvalue weighted by Gasteiger charge is 2.21. The van der Waals surface area contributed by atoms with Gasteiger partial charge in [0.25, 0.3) is 0 Å². The highest BCUT2D eigenvalue weighted by molar-refractivity contribution is 5.72. The second-order valence-corrected chi connectivity index (χ2v) is 5.66. The Bertz CT molecular complexity index is 625. The van der Waals surface area contributed by atoms with Gasteiger partial charge in [-0.05, 0) is 36.5 Å². The number of alkyl halides is 1. The van der Waals surface area contributed by atoms with Gasteiger partial charge in [0.2, 0.25) is 0 Å². The van der Waals surface area contributed by atoms with E-state index < -0.39 is 18.1 Å². The van der Waals surface area contributed by atoms with E-state index >= 15 is 0 Å². The van der Waals surface area contributed by atoms with Gasteiger partial charge in [-0.1, -0.05) is 54.6 Å². The summed E-state index contributed by atoms with van der Waals surface area (Å²) in [5.74, 6) is -1.13. The normalized spacial score (nSPS) is 13.3. The van der Waals surface area contributed by atoms with Crippen LogP contribution in [-0.2, 0) is 9.53 Å². The molecule has 0 heterocycles. The summed E-state index contributed by atoms with van der Waals surface area (Å²) in [4.78, 5) is 11.6. The molecule has 2 aromatic carbocycles. The molecule has 0 amide bonds. The van der Waals surface area contributed by atoms with Crippen molar-refractivity contribution in [1.82, 2.24) is 0 Å². The fourth-order valence-corrected chi connectivity index (χ4v) is 2.57. The van der Waals surface area contributed by atoms with E-state index in [1.807, 2.05) is 42.5 Å². The van der Waals surface area contributed by atoms with Crippen molar-refractivity contribution >= 4 is 5.97 Å². The molecule has 4 heteroatoms. The summed E-state index contributed by atoms with van der Waals surface area (Å²) in [5, 5.41) is 9.25. The molecule has 3 nitrogen and oxygen atoms in total. The first kappa shape index (κ1) is 18.1. The van der Waals surface area contributed by atoms with Crippen LogP contribution in [0.25, 0.3) is 11.1 Å². The third kappa shape index (κ3) is 4.90. The number of benzene rings is 2. The number of hydrogen-bond acceptors (Lipinski definition) is 3. The van der Waals surface area contributed by atoms with Crippen molar-refractivity contribution in [3.63, 3.8) is 0 Å². The predicted octanol–water partition coefficient (Wildman–Crippen LogP) is 4.32. The number of esters is 1. The fraction of sp³-hybridized carbons (Fsp3) is 0.350. The lowest BCUT2D eigenvalue weighted by atomic mass is 9.97. The van der Waals surface area contributed by atoms with Crippen LogP contribution in [-0.4, -0.2) is 24.3 Å². The Morgan fingerprint density at radius 3 is 2.25 bits per heavy atom. The zero-order valence-electron chi connectivity index (χ0n) is 13.8. The van der Waals surface area contributed by atoms with Crippen LogP contribution >= 0.6 is 0 Å². The van der Waals surface area contributed by atoms with E-state index in [9.17, 15) is 14.3 Å². The van der Waals surface area contributed by atoms with Gasteiger partial charge in [-0.3, -0.25) is 4.79 Å². The van der Waals surface area contributed by atoms with Gasteiger partial charge in [0, 0.05) is 0 Å². The average Bonchev–Trinajstić information content (AvgIpc) is 2.63. The number of aliphatic hydroxyl groups is 1. The Morgan fingerprint density at radius 2 is 1.67 bits per heavy atom. The van der Waals surface area contributed by atoms with E-state index in [1.54, 1.807) is 19.1 Å². The van der Waals surface area contributed by atoms with E-state index in [2.05, 4.69) is 0 Å². The average molecular weight is 330 g/mol. The molecular formula is C20H23FO3. The maximum Gasteiger partial charge on any atom is 0.311 e. The Hall–Kier alpha value is -2.20. The van der Waals surface area contributed by atoms with Crippen molar-refractivity contribution < 1.29 is 19.0 Å². The quantitative estimate of drug-likeness (QED) is 0.733. The van der Waals surface area contributed by atoms with Crippen molar-refractivity contribution in [1.29, 1.82) is 0 Å². The van der Waals surface area contributed by atoms with Gasteiger partial charge in [0.05, 0.1) is 19.1 Å². The molecule has 2 aromatic rings. The number of ether oxygens (including phenoxy) is 1. The maximum absolute atomic E-state index is 14.4. The van der Waals surface area contributed by atoms with Gasteiger partial charge in [0.15, 0.2) is 0 Å². The zero-order chi connectivity index (χ0) is 17.4. The Morgan fingerprint density at radius 1 is 1.04 bits per heavy atom. The van der Waals surface area contributed by atoms with Crippen LogP contribution < -0.4 is 0 Å². The SMILES string of the molecule is CCOC(=O)C(CO)CCC(F)c1ccc(-c2ccccc2)cc1. The minimum atomic E-state index is -1.17.